The molecule has 1 aliphatic carbocycles. The predicted molar refractivity (Wildman–Crippen MR) is 189 cm³/mol. The third kappa shape index (κ3) is 11.3. The van der Waals surface area contributed by atoms with Crippen molar-refractivity contribution >= 4 is 23.9 Å². The zero-order chi connectivity index (χ0) is 36.2. The minimum atomic E-state index is -1.16. The molecule has 3 unspecified atom stereocenters. The molecule has 2 aromatic rings. The molecule has 2 aromatic carbocycles. The molecular weight excluding hydrogens is 624 g/mol. The van der Waals surface area contributed by atoms with E-state index in [1.165, 1.54) is 7.11 Å². The van der Waals surface area contributed by atoms with Crippen molar-refractivity contribution in [2.45, 2.75) is 110 Å². The summed E-state index contributed by atoms with van der Waals surface area (Å²) in [6, 6.07) is 13.2. The van der Waals surface area contributed by atoms with Crippen LogP contribution in [0.3, 0.4) is 0 Å². The molecule has 6 atom stereocenters. The number of nitrogens with one attached hydrogen (secondary N) is 3. The Morgan fingerprint density at radius 3 is 1.92 bits per heavy atom. The van der Waals surface area contributed by atoms with Crippen LogP contribution in [-0.2, 0) is 23.9 Å². The molecule has 49 heavy (non-hydrogen) atoms. The second-order valence-corrected chi connectivity index (χ2v) is 14.1. The molecule has 270 valence electrons. The summed E-state index contributed by atoms with van der Waals surface area (Å²) in [7, 11) is 1.24. The average molecular weight is 681 g/mol. The Balaban J connectivity index is 1.70. The Hall–Kier alpha value is -3.96. The van der Waals surface area contributed by atoms with Gasteiger partial charge in [-0.1, -0.05) is 96.5 Å². The van der Waals surface area contributed by atoms with Gasteiger partial charge in [-0.2, -0.15) is 0 Å². The van der Waals surface area contributed by atoms with Crippen molar-refractivity contribution in [1.29, 1.82) is 0 Å². The summed E-state index contributed by atoms with van der Waals surface area (Å²) in [6.45, 7) is 11.8. The van der Waals surface area contributed by atoms with Crippen LogP contribution in [-0.4, -0.2) is 73.0 Å². The molecule has 0 spiro atoms. The Morgan fingerprint density at radius 2 is 1.39 bits per heavy atom. The summed E-state index contributed by atoms with van der Waals surface area (Å²) < 4.78 is 10.5. The molecule has 0 bridgehead atoms. The molecule has 11 heteroatoms. The standard InChI is InChI=1S/C38H56N4O7/c1-8-24(6)36(37(46)40-32(18-23(4)5)33(43)20-35(45)48-7)42-34(44)19-31(30(39)17-22(2)3)41-38(47)49-21-29-27-15-11-9-13-25(27)26-14-10-12-16-28(26)29/h9-16,22-24,29-33,36,43H,8,17-21,39H2,1-7H3,(H,40,46)(H,41,47)(H,42,44)/t24-,30?,31?,32?,33-,36-/m0/s1. The number of benzene rings is 2. The van der Waals surface area contributed by atoms with Crippen molar-refractivity contribution in [1.82, 2.24) is 16.0 Å². The molecule has 1 aliphatic rings. The largest absolute Gasteiger partial charge is 0.469 e. The molecule has 0 saturated heterocycles. The Kier molecular flexibility index (Phi) is 15.1. The van der Waals surface area contributed by atoms with E-state index in [0.29, 0.717) is 19.3 Å². The number of aliphatic hydroxyl groups is 1. The minimum absolute atomic E-state index is 0.112. The molecule has 0 radical (unpaired) electrons. The molecule has 3 amide bonds. The van der Waals surface area contributed by atoms with E-state index in [4.69, 9.17) is 15.2 Å². The van der Waals surface area contributed by atoms with Crippen molar-refractivity contribution < 1.29 is 33.8 Å². The van der Waals surface area contributed by atoms with Crippen LogP contribution < -0.4 is 21.7 Å². The van der Waals surface area contributed by atoms with Crippen LogP contribution >= 0.6 is 0 Å². The molecule has 11 nitrogen and oxygen atoms in total. The van der Waals surface area contributed by atoms with Gasteiger partial charge in [0, 0.05) is 18.4 Å². The molecule has 0 aliphatic heterocycles. The van der Waals surface area contributed by atoms with Crippen LogP contribution in [0.1, 0.15) is 90.7 Å². The van der Waals surface area contributed by atoms with Gasteiger partial charge in [-0.05, 0) is 52.8 Å². The van der Waals surface area contributed by atoms with Crippen molar-refractivity contribution in [3.63, 3.8) is 0 Å². The van der Waals surface area contributed by atoms with Gasteiger partial charge in [0.25, 0.3) is 0 Å². The molecule has 0 heterocycles. The molecule has 0 fully saturated rings. The first-order valence-electron chi connectivity index (χ1n) is 17.5. The van der Waals surface area contributed by atoms with E-state index in [-0.39, 0.29) is 43.1 Å². The van der Waals surface area contributed by atoms with E-state index < -0.39 is 54.1 Å². The van der Waals surface area contributed by atoms with Gasteiger partial charge in [0.05, 0.1) is 31.7 Å². The highest BCUT2D eigenvalue weighted by atomic mass is 16.5. The summed E-state index contributed by atoms with van der Waals surface area (Å²) >= 11 is 0. The van der Waals surface area contributed by atoms with Crippen molar-refractivity contribution in [3.8, 4) is 11.1 Å². The van der Waals surface area contributed by atoms with Gasteiger partial charge in [-0.25, -0.2) is 4.79 Å². The molecular formula is C38H56N4O7. The van der Waals surface area contributed by atoms with Gasteiger partial charge < -0.3 is 36.3 Å². The lowest BCUT2D eigenvalue weighted by Gasteiger charge is -2.31. The van der Waals surface area contributed by atoms with E-state index in [1.807, 2.05) is 77.9 Å². The zero-order valence-corrected chi connectivity index (χ0v) is 30.0. The summed E-state index contributed by atoms with van der Waals surface area (Å²) in [5.41, 5.74) is 11.0. The van der Waals surface area contributed by atoms with E-state index in [2.05, 4.69) is 28.1 Å². The first-order chi connectivity index (χ1) is 23.2. The number of ether oxygens (including phenoxy) is 2. The number of amides is 3. The third-order valence-corrected chi connectivity index (χ3v) is 9.25. The van der Waals surface area contributed by atoms with Crippen molar-refractivity contribution in [2.75, 3.05) is 13.7 Å². The second-order valence-electron chi connectivity index (χ2n) is 14.1. The fraction of sp³-hybridized carbons (Fsp3) is 0.579. The number of rotatable bonds is 18. The van der Waals surface area contributed by atoms with Gasteiger partial charge in [0.2, 0.25) is 11.8 Å². The van der Waals surface area contributed by atoms with Gasteiger partial charge in [-0.15, -0.1) is 0 Å². The second kappa shape index (κ2) is 18.7. The summed E-state index contributed by atoms with van der Waals surface area (Å²) in [5, 5.41) is 19.3. The van der Waals surface area contributed by atoms with Crippen LogP contribution in [0, 0.1) is 17.8 Å². The number of esters is 1. The third-order valence-electron chi connectivity index (χ3n) is 9.25. The van der Waals surface area contributed by atoms with Crippen LogP contribution in [0.25, 0.3) is 11.1 Å². The monoisotopic (exact) mass is 680 g/mol. The molecule has 3 rings (SSSR count). The van der Waals surface area contributed by atoms with E-state index in [1.54, 1.807) is 0 Å². The topological polar surface area (TPSA) is 169 Å². The number of hydrogen-bond donors (Lipinski definition) is 5. The maximum atomic E-state index is 13.6. The Labute approximate surface area is 291 Å². The van der Waals surface area contributed by atoms with Crippen molar-refractivity contribution in [2.24, 2.45) is 23.5 Å². The first-order valence-corrected chi connectivity index (χ1v) is 17.5. The van der Waals surface area contributed by atoms with E-state index in [9.17, 15) is 24.3 Å². The highest BCUT2D eigenvalue weighted by molar-refractivity contribution is 5.88. The lowest BCUT2D eigenvalue weighted by molar-refractivity contribution is -0.144. The number of carbonyl (C=O) groups excluding carboxylic acids is 4. The van der Waals surface area contributed by atoms with E-state index in [0.717, 1.165) is 22.3 Å². The zero-order valence-electron chi connectivity index (χ0n) is 30.0. The number of hydrogen-bond acceptors (Lipinski definition) is 8. The average Bonchev–Trinajstić information content (AvgIpc) is 3.38. The van der Waals surface area contributed by atoms with Crippen LogP contribution in [0.15, 0.2) is 48.5 Å². The van der Waals surface area contributed by atoms with Gasteiger partial charge in [0.1, 0.15) is 12.6 Å². The van der Waals surface area contributed by atoms with Gasteiger partial charge in [0.15, 0.2) is 0 Å². The van der Waals surface area contributed by atoms with Gasteiger partial charge in [-0.3, -0.25) is 14.4 Å². The maximum Gasteiger partial charge on any atom is 0.407 e. The fourth-order valence-electron chi connectivity index (χ4n) is 6.43. The SMILES string of the molecule is CC[C@H](C)[C@H](NC(=O)CC(NC(=O)OCC1c2ccccc2-c2ccccc21)C(N)CC(C)C)C(=O)NC(CC(C)C)[C@@H](O)CC(=O)OC. The van der Waals surface area contributed by atoms with Crippen LogP contribution in [0.4, 0.5) is 4.79 Å². The van der Waals surface area contributed by atoms with Crippen molar-refractivity contribution in [3.05, 3.63) is 59.7 Å². The predicted octanol–water partition coefficient (Wildman–Crippen LogP) is 4.64. The smallest absolute Gasteiger partial charge is 0.407 e. The number of nitrogens with two attached hydrogens (primary N) is 1. The summed E-state index contributed by atoms with van der Waals surface area (Å²) in [5.74, 6) is -1.57. The lowest BCUT2D eigenvalue weighted by Crippen LogP contribution is -2.56. The normalized spacial score (nSPS) is 16.1. The molecule has 0 aromatic heterocycles. The number of methoxy groups -OCH3 is 1. The highest BCUT2D eigenvalue weighted by Crippen LogP contribution is 2.44. The Bertz CT molecular complexity index is 1370. The number of aliphatic hydroxyl groups excluding tert-OH is 1. The highest BCUT2D eigenvalue weighted by Gasteiger charge is 2.34. The number of fused-ring (bicyclic) bond motifs is 3. The van der Waals surface area contributed by atoms with Crippen LogP contribution in [0.5, 0.6) is 0 Å². The lowest BCUT2D eigenvalue weighted by atomic mass is 9.93. The summed E-state index contributed by atoms with van der Waals surface area (Å²) in [6.07, 6.45) is -0.721. The summed E-state index contributed by atoms with van der Waals surface area (Å²) in [4.78, 5) is 52.2. The maximum absolute atomic E-state index is 13.6. The first kappa shape index (κ1) is 39.5. The van der Waals surface area contributed by atoms with Crippen LogP contribution in [0.2, 0.25) is 0 Å². The minimum Gasteiger partial charge on any atom is -0.469 e. The van der Waals surface area contributed by atoms with E-state index >= 15 is 0 Å². The fourth-order valence-corrected chi connectivity index (χ4v) is 6.43. The quantitative estimate of drug-likeness (QED) is 0.142. The number of alkyl carbamates (subject to hydrolysis) is 1. The molecule has 0 saturated carbocycles. The Morgan fingerprint density at radius 1 is 0.816 bits per heavy atom. The number of carbonyl (C=O) groups is 4. The van der Waals surface area contributed by atoms with Gasteiger partial charge >= 0.3 is 12.1 Å². The molecule has 6 N–H and O–H groups in total.